The molecule has 2 heterocycles. The number of amides is 2. The topological polar surface area (TPSA) is 87.7 Å². The highest BCUT2D eigenvalue weighted by Crippen LogP contribution is 2.30. The second kappa shape index (κ2) is 13.4. The predicted octanol–water partition coefficient (Wildman–Crippen LogP) is 4.58. The first-order valence-electron chi connectivity index (χ1n) is 12.7. The number of benzene rings is 3. The van der Waals surface area contributed by atoms with E-state index in [1.54, 1.807) is 12.1 Å². The summed E-state index contributed by atoms with van der Waals surface area (Å²) in [6, 6.07) is 30.3. The minimum Gasteiger partial charge on any atom is -0.484 e. The summed E-state index contributed by atoms with van der Waals surface area (Å²) in [7, 11) is 0. The molecule has 3 aromatic carbocycles. The smallest absolute Gasteiger partial charge is 0.264 e. The fourth-order valence-corrected chi connectivity index (χ4v) is 6.14. The molecule has 4 aromatic rings. The minimum atomic E-state index is -0.315. The van der Waals surface area contributed by atoms with E-state index < -0.39 is 0 Å². The van der Waals surface area contributed by atoms with Crippen LogP contribution in [0.2, 0.25) is 0 Å². The molecule has 39 heavy (non-hydrogen) atoms. The van der Waals surface area contributed by atoms with Crippen molar-refractivity contribution < 1.29 is 14.3 Å². The SMILES string of the molecule is O=C(COc1ccccc1)Nc1nnc(SCC(=O)N2CCN(C(c3ccccc3)c3ccccc3)CC2)s1. The van der Waals surface area contributed by atoms with Crippen LogP contribution in [0, 0.1) is 0 Å². The first-order chi connectivity index (χ1) is 19.2. The molecule has 1 saturated heterocycles. The van der Waals surface area contributed by atoms with Gasteiger partial charge in [0, 0.05) is 26.2 Å². The van der Waals surface area contributed by atoms with Crippen molar-refractivity contribution in [2.75, 3.05) is 43.9 Å². The van der Waals surface area contributed by atoms with E-state index in [-0.39, 0.29) is 30.2 Å². The number of nitrogens with one attached hydrogen (secondary N) is 1. The van der Waals surface area contributed by atoms with E-state index in [2.05, 4.69) is 68.9 Å². The van der Waals surface area contributed by atoms with Crippen LogP contribution in [0.5, 0.6) is 5.75 Å². The molecule has 1 N–H and O–H groups in total. The van der Waals surface area contributed by atoms with Gasteiger partial charge in [0.15, 0.2) is 10.9 Å². The van der Waals surface area contributed by atoms with Gasteiger partial charge in [-0.15, -0.1) is 10.2 Å². The Morgan fingerprint density at radius 1 is 0.846 bits per heavy atom. The molecule has 0 saturated carbocycles. The number of ether oxygens (including phenoxy) is 1. The van der Waals surface area contributed by atoms with Crippen molar-refractivity contribution in [2.45, 2.75) is 10.4 Å². The summed E-state index contributed by atoms with van der Waals surface area (Å²) >= 11 is 2.58. The predicted molar refractivity (Wildman–Crippen MR) is 154 cm³/mol. The number of aromatic nitrogens is 2. The fraction of sp³-hybridized carbons (Fsp3) is 0.241. The van der Waals surface area contributed by atoms with Crippen molar-refractivity contribution in [3.8, 4) is 5.75 Å². The maximum Gasteiger partial charge on any atom is 0.264 e. The molecule has 10 heteroatoms. The van der Waals surface area contributed by atoms with Crippen LogP contribution >= 0.6 is 23.1 Å². The number of thioether (sulfide) groups is 1. The van der Waals surface area contributed by atoms with E-state index in [4.69, 9.17) is 4.74 Å². The second-order valence-electron chi connectivity index (χ2n) is 8.95. The summed E-state index contributed by atoms with van der Waals surface area (Å²) < 4.78 is 6.08. The molecule has 0 aliphatic carbocycles. The third kappa shape index (κ3) is 7.44. The number of anilines is 1. The van der Waals surface area contributed by atoms with Gasteiger partial charge in [0.25, 0.3) is 5.91 Å². The first-order valence-corrected chi connectivity index (χ1v) is 14.5. The van der Waals surface area contributed by atoms with Crippen LogP contribution in [-0.2, 0) is 9.59 Å². The average Bonchev–Trinajstić information content (AvgIpc) is 3.44. The maximum atomic E-state index is 12.9. The Morgan fingerprint density at radius 3 is 2.05 bits per heavy atom. The number of carbonyl (C=O) groups is 2. The van der Waals surface area contributed by atoms with Crippen LogP contribution in [0.3, 0.4) is 0 Å². The van der Waals surface area contributed by atoms with Crippen LogP contribution in [0.15, 0.2) is 95.3 Å². The highest BCUT2D eigenvalue weighted by Gasteiger charge is 2.28. The number of hydrogen-bond donors (Lipinski definition) is 1. The van der Waals surface area contributed by atoms with E-state index in [0.29, 0.717) is 28.3 Å². The summed E-state index contributed by atoms with van der Waals surface area (Å²) in [5.74, 6) is 0.661. The molecule has 1 aromatic heterocycles. The Kier molecular flexibility index (Phi) is 9.21. The van der Waals surface area contributed by atoms with Crippen molar-refractivity contribution in [3.05, 3.63) is 102 Å². The molecule has 1 fully saturated rings. The third-order valence-corrected chi connectivity index (χ3v) is 8.30. The van der Waals surface area contributed by atoms with Gasteiger partial charge in [-0.3, -0.25) is 19.8 Å². The molecular weight excluding hydrogens is 530 g/mol. The van der Waals surface area contributed by atoms with Gasteiger partial charge >= 0.3 is 0 Å². The van der Waals surface area contributed by atoms with Gasteiger partial charge in [0.05, 0.1) is 11.8 Å². The van der Waals surface area contributed by atoms with Crippen LogP contribution in [0.4, 0.5) is 5.13 Å². The molecular formula is C29H29N5O3S2. The van der Waals surface area contributed by atoms with E-state index in [1.165, 1.54) is 34.2 Å². The van der Waals surface area contributed by atoms with E-state index in [9.17, 15) is 9.59 Å². The van der Waals surface area contributed by atoms with Crippen molar-refractivity contribution in [3.63, 3.8) is 0 Å². The number of rotatable bonds is 10. The van der Waals surface area contributed by atoms with Crippen LogP contribution in [0.25, 0.3) is 0 Å². The number of para-hydroxylation sites is 1. The van der Waals surface area contributed by atoms with Gasteiger partial charge in [0.1, 0.15) is 5.75 Å². The lowest BCUT2D eigenvalue weighted by Gasteiger charge is -2.39. The Labute approximate surface area is 236 Å². The number of carbonyl (C=O) groups excluding carboxylic acids is 2. The molecule has 0 bridgehead atoms. The van der Waals surface area contributed by atoms with Gasteiger partial charge < -0.3 is 9.64 Å². The molecule has 1 aliphatic rings. The van der Waals surface area contributed by atoms with Crippen LogP contribution in [-0.4, -0.2) is 70.4 Å². The lowest BCUT2D eigenvalue weighted by Crippen LogP contribution is -2.50. The lowest BCUT2D eigenvalue weighted by molar-refractivity contribution is -0.130. The second-order valence-corrected chi connectivity index (χ2v) is 11.2. The zero-order valence-corrected chi connectivity index (χ0v) is 22.9. The van der Waals surface area contributed by atoms with E-state index >= 15 is 0 Å². The van der Waals surface area contributed by atoms with Crippen molar-refractivity contribution in [2.24, 2.45) is 0 Å². The Balaban J connectivity index is 1.09. The number of piperazine rings is 1. The standard InChI is InChI=1S/C29H29N5O3S2/c35-25(20-37-24-14-8-3-9-15-24)30-28-31-32-29(39-28)38-21-26(36)33-16-18-34(19-17-33)27(22-10-4-1-5-11-22)23-12-6-2-7-13-23/h1-15,27H,16-21H2,(H,30,31,35). The molecule has 0 atom stereocenters. The Bertz CT molecular complexity index is 1310. The van der Waals surface area contributed by atoms with Crippen molar-refractivity contribution >= 4 is 40.0 Å². The largest absolute Gasteiger partial charge is 0.484 e. The molecule has 200 valence electrons. The Morgan fingerprint density at radius 2 is 1.44 bits per heavy atom. The van der Waals surface area contributed by atoms with Gasteiger partial charge in [-0.25, -0.2) is 0 Å². The maximum absolute atomic E-state index is 12.9. The third-order valence-electron chi connectivity index (χ3n) is 6.35. The Hall–Kier alpha value is -3.73. The zero-order chi connectivity index (χ0) is 26.9. The summed E-state index contributed by atoms with van der Waals surface area (Å²) in [6.07, 6.45) is 0. The lowest BCUT2D eigenvalue weighted by atomic mass is 9.96. The van der Waals surface area contributed by atoms with Crippen molar-refractivity contribution in [1.29, 1.82) is 0 Å². The number of hydrogen-bond acceptors (Lipinski definition) is 8. The fourth-order valence-electron chi connectivity index (χ4n) is 4.47. The summed E-state index contributed by atoms with van der Waals surface area (Å²) in [4.78, 5) is 29.5. The van der Waals surface area contributed by atoms with Gasteiger partial charge in [0.2, 0.25) is 11.0 Å². The van der Waals surface area contributed by atoms with Crippen molar-refractivity contribution in [1.82, 2.24) is 20.0 Å². The molecule has 0 unspecified atom stereocenters. The molecule has 0 radical (unpaired) electrons. The minimum absolute atomic E-state index is 0.0765. The zero-order valence-electron chi connectivity index (χ0n) is 21.3. The summed E-state index contributed by atoms with van der Waals surface area (Å²) in [5, 5.41) is 11.2. The molecule has 0 spiro atoms. The monoisotopic (exact) mass is 559 g/mol. The summed E-state index contributed by atoms with van der Waals surface area (Å²) in [6.45, 7) is 2.82. The normalized spacial score (nSPS) is 13.8. The average molecular weight is 560 g/mol. The van der Waals surface area contributed by atoms with E-state index in [1.807, 2.05) is 35.2 Å². The van der Waals surface area contributed by atoms with Gasteiger partial charge in [-0.1, -0.05) is 102 Å². The first kappa shape index (κ1) is 26.9. The highest BCUT2D eigenvalue weighted by atomic mass is 32.2. The molecule has 1 aliphatic heterocycles. The number of nitrogens with zero attached hydrogens (tertiary/aromatic N) is 4. The molecule has 2 amide bonds. The quantitative estimate of drug-likeness (QED) is 0.225. The molecule has 5 rings (SSSR count). The van der Waals surface area contributed by atoms with E-state index in [0.717, 1.165) is 13.1 Å². The molecule has 8 nitrogen and oxygen atoms in total. The van der Waals surface area contributed by atoms with Gasteiger partial charge in [-0.2, -0.15) is 0 Å². The van der Waals surface area contributed by atoms with Gasteiger partial charge in [-0.05, 0) is 23.3 Å². The highest BCUT2D eigenvalue weighted by molar-refractivity contribution is 8.01. The summed E-state index contributed by atoms with van der Waals surface area (Å²) in [5.41, 5.74) is 2.51. The van der Waals surface area contributed by atoms with Crippen LogP contribution < -0.4 is 10.1 Å². The van der Waals surface area contributed by atoms with Crippen LogP contribution in [0.1, 0.15) is 17.2 Å².